The summed E-state index contributed by atoms with van der Waals surface area (Å²) in [7, 11) is 3.89. The normalized spacial score (nSPS) is 11.8. The van der Waals surface area contributed by atoms with E-state index in [0.29, 0.717) is 5.92 Å². The molecule has 0 aliphatic heterocycles. The second kappa shape index (κ2) is 2.58. The Morgan fingerprint density at radius 3 is 2.54 bits per heavy atom. The summed E-state index contributed by atoms with van der Waals surface area (Å²) in [4.78, 5) is 0. The fraction of sp³-hybridized carbons (Fsp3) is 0.556. The highest BCUT2D eigenvalue weighted by atomic mass is 15.3. The van der Waals surface area contributed by atoms with Crippen molar-refractivity contribution in [3.63, 3.8) is 0 Å². The average Bonchev–Trinajstić information content (AvgIpc) is 2.51. The van der Waals surface area contributed by atoms with Gasteiger partial charge in [-0.25, -0.2) is 0 Å². The summed E-state index contributed by atoms with van der Waals surface area (Å²) in [6.07, 6.45) is 1.99. The third-order valence-electron chi connectivity index (χ3n) is 2.21. The van der Waals surface area contributed by atoms with Gasteiger partial charge in [0, 0.05) is 14.1 Å². The van der Waals surface area contributed by atoms with Gasteiger partial charge in [0.05, 0.1) is 11.9 Å². The van der Waals surface area contributed by atoms with Crippen LogP contribution in [0.5, 0.6) is 0 Å². The molecule has 0 spiro atoms. The fourth-order valence-corrected chi connectivity index (χ4v) is 1.55. The number of nitrogens with zero attached hydrogens (tertiary/aromatic N) is 4. The first kappa shape index (κ1) is 8.29. The number of hydrogen-bond donors (Lipinski definition) is 0. The molecule has 2 aromatic rings. The van der Waals surface area contributed by atoms with E-state index in [2.05, 4.69) is 24.0 Å². The molecule has 13 heavy (non-hydrogen) atoms. The standard InChI is InChI=1S/C9H14N4/c1-6(2)8-9-7(13(4)11-8)5-12(3)10-9/h5-6H,1-4H3. The van der Waals surface area contributed by atoms with Gasteiger partial charge in [-0.2, -0.15) is 10.2 Å². The Bertz CT molecular complexity index is 436. The van der Waals surface area contributed by atoms with Crippen LogP contribution in [0.15, 0.2) is 6.20 Å². The largest absolute Gasteiger partial charge is 0.273 e. The molecule has 70 valence electrons. The van der Waals surface area contributed by atoms with Gasteiger partial charge >= 0.3 is 0 Å². The minimum absolute atomic E-state index is 0.429. The van der Waals surface area contributed by atoms with Crippen molar-refractivity contribution in [3.05, 3.63) is 11.9 Å². The molecule has 0 amide bonds. The van der Waals surface area contributed by atoms with Crippen molar-refractivity contribution in [2.45, 2.75) is 19.8 Å². The van der Waals surface area contributed by atoms with E-state index in [-0.39, 0.29) is 0 Å². The smallest absolute Gasteiger partial charge is 0.134 e. The van der Waals surface area contributed by atoms with E-state index in [0.717, 1.165) is 16.7 Å². The molecule has 0 radical (unpaired) electrons. The predicted molar refractivity (Wildman–Crippen MR) is 51.6 cm³/mol. The quantitative estimate of drug-likeness (QED) is 0.662. The SMILES string of the molecule is CC(C)c1nn(C)c2cn(C)nc12. The van der Waals surface area contributed by atoms with Gasteiger partial charge in [0.1, 0.15) is 11.0 Å². The molecule has 0 saturated carbocycles. The maximum atomic E-state index is 4.43. The summed E-state index contributed by atoms with van der Waals surface area (Å²) < 4.78 is 3.72. The Labute approximate surface area is 77.2 Å². The van der Waals surface area contributed by atoms with Gasteiger partial charge in [-0.15, -0.1) is 0 Å². The van der Waals surface area contributed by atoms with E-state index < -0.39 is 0 Å². The molecule has 0 saturated heterocycles. The summed E-state index contributed by atoms with van der Waals surface area (Å²) in [6, 6.07) is 0. The first-order valence-corrected chi connectivity index (χ1v) is 4.46. The van der Waals surface area contributed by atoms with Crippen molar-refractivity contribution < 1.29 is 0 Å². The number of aromatic nitrogens is 4. The molecule has 0 unspecified atom stereocenters. The highest BCUT2D eigenvalue weighted by Crippen LogP contribution is 2.22. The Morgan fingerprint density at radius 1 is 1.23 bits per heavy atom. The van der Waals surface area contributed by atoms with Crippen molar-refractivity contribution in [3.8, 4) is 0 Å². The van der Waals surface area contributed by atoms with Crippen molar-refractivity contribution in [1.82, 2.24) is 19.6 Å². The lowest BCUT2D eigenvalue weighted by molar-refractivity contribution is 0.710. The maximum Gasteiger partial charge on any atom is 0.134 e. The molecule has 0 aliphatic rings. The van der Waals surface area contributed by atoms with Gasteiger partial charge in [-0.1, -0.05) is 13.8 Å². The molecule has 0 aliphatic carbocycles. The van der Waals surface area contributed by atoms with Crippen LogP contribution in [0.4, 0.5) is 0 Å². The highest BCUT2D eigenvalue weighted by Gasteiger charge is 2.14. The number of aryl methyl sites for hydroxylation is 2. The highest BCUT2D eigenvalue weighted by molar-refractivity contribution is 5.77. The minimum atomic E-state index is 0.429. The Kier molecular flexibility index (Phi) is 1.65. The number of rotatable bonds is 1. The second-order valence-corrected chi connectivity index (χ2v) is 3.70. The van der Waals surface area contributed by atoms with Crippen LogP contribution in [0.2, 0.25) is 0 Å². The van der Waals surface area contributed by atoms with E-state index in [9.17, 15) is 0 Å². The van der Waals surface area contributed by atoms with Gasteiger partial charge in [0.25, 0.3) is 0 Å². The van der Waals surface area contributed by atoms with Crippen molar-refractivity contribution >= 4 is 11.0 Å². The molecule has 0 aromatic carbocycles. The van der Waals surface area contributed by atoms with Crippen LogP contribution in [0.3, 0.4) is 0 Å². The summed E-state index contributed by atoms with van der Waals surface area (Å²) in [5, 5.41) is 8.82. The van der Waals surface area contributed by atoms with Crippen LogP contribution in [-0.4, -0.2) is 19.6 Å². The summed E-state index contributed by atoms with van der Waals surface area (Å²) in [5.41, 5.74) is 3.21. The Hall–Kier alpha value is -1.32. The van der Waals surface area contributed by atoms with Crippen LogP contribution in [0.25, 0.3) is 11.0 Å². The first-order valence-electron chi connectivity index (χ1n) is 4.46. The fourth-order valence-electron chi connectivity index (χ4n) is 1.55. The predicted octanol–water partition coefficient (Wildman–Crippen LogP) is 1.43. The molecule has 2 rings (SSSR count). The maximum absolute atomic E-state index is 4.43. The second-order valence-electron chi connectivity index (χ2n) is 3.70. The van der Waals surface area contributed by atoms with Gasteiger partial charge in [0.15, 0.2) is 0 Å². The van der Waals surface area contributed by atoms with Gasteiger partial charge in [0.2, 0.25) is 0 Å². The molecule has 0 fully saturated rings. The van der Waals surface area contributed by atoms with Gasteiger partial charge in [-0.05, 0) is 5.92 Å². The number of fused-ring (bicyclic) bond motifs is 1. The summed E-state index contributed by atoms with van der Waals surface area (Å²) in [5.74, 6) is 0.429. The average molecular weight is 178 g/mol. The van der Waals surface area contributed by atoms with Gasteiger partial charge in [-0.3, -0.25) is 9.36 Å². The zero-order valence-electron chi connectivity index (χ0n) is 8.44. The van der Waals surface area contributed by atoms with Crippen molar-refractivity contribution in [2.75, 3.05) is 0 Å². The Morgan fingerprint density at radius 2 is 1.92 bits per heavy atom. The zero-order valence-corrected chi connectivity index (χ0v) is 8.44. The van der Waals surface area contributed by atoms with Crippen molar-refractivity contribution in [1.29, 1.82) is 0 Å². The lowest BCUT2D eigenvalue weighted by atomic mass is 10.1. The molecule has 4 heteroatoms. The monoisotopic (exact) mass is 178 g/mol. The van der Waals surface area contributed by atoms with Crippen LogP contribution in [-0.2, 0) is 14.1 Å². The third kappa shape index (κ3) is 1.13. The molecular formula is C9H14N4. The summed E-state index contributed by atoms with van der Waals surface area (Å²) >= 11 is 0. The third-order valence-corrected chi connectivity index (χ3v) is 2.21. The van der Waals surface area contributed by atoms with E-state index in [1.165, 1.54) is 0 Å². The molecular weight excluding hydrogens is 164 g/mol. The van der Waals surface area contributed by atoms with Crippen LogP contribution < -0.4 is 0 Å². The number of hydrogen-bond acceptors (Lipinski definition) is 2. The van der Waals surface area contributed by atoms with Crippen LogP contribution in [0.1, 0.15) is 25.5 Å². The summed E-state index contributed by atoms with van der Waals surface area (Å²) in [6.45, 7) is 4.27. The van der Waals surface area contributed by atoms with E-state index in [4.69, 9.17) is 0 Å². The molecule has 0 N–H and O–H groups in total. The lowest BCUT2D eigenvalue weighted by Crippen LogP contribution is -1.96. The lowest BCUT2D eigenvalue weighted by Gasteiger charge is -1.97. The molecule has 4 nitrogen and oxygen atoms in total. The zero-order chi connectivity index (χ0) is 9.59. The molecule has 2 heterocycles. The first-order chi connectivity index (χ1) is 6.09. The molecule has 2 aromatic heterocycles. The van der Waals surface area contributed by atoms with Crippen LogP contribution >= 0.6 is 0 Å². The van der Waals surface area contributed by atoms with Crippen molar-refractivity contribution in [2.24, 2.45) is 14.1 Å². The van der Waals surface area contributed by atoms with E-state index in [1.54, 1.807) is 0 Å². The van der Waals surface area contributed by atoms with E-state index >= 15 is 0 Å². The molecule has 0 bridgehead atoms. The topological polar surface area (TPSA) is 35.6 Å². The van der Waals surface area contributed by atoms with E-state index in [1.807, 2.05) is 29.7 Å². The van der Waals surface area contributed by atoms with Gasteiger partial charge < -0.3 is 0 Å². The minimum Gasteiger partial charge on any atom is -0.273 e. The molecule has 0 atom stereocenters. The Balaban J connectivity index is 2.76. The van der Waals surface area contributed by atoms with Crippen LogP contribution in [0, 0.1) is 0 Å².